The van der Waals surface area contributed by atoms with Crippen molar-refractivity contribution < 1.29 is 17.6 Å². The molecule has 5 rings (SSSR count). The number of guanidine groups is 1. The fourth-order valence-electron chi connectivity index (χ4n) is 4.51. The molecule has 1 aliphatic carbocycles. The van der Waals surface area contributed by atoms with Gasteiger partial charge in [0.05, 0.1) is 42.0 Å². The Morgan fingerprint density at radius 2 is 2.03 bits per heavy atom. The van der Waals surface area contributed by atoms with E-state index in [1.807, 2.05) is 12.1 Å². The van der Waals surface area contributed by atoms with Crippen molar-refractivity contribution in [2.45, 2.75) is 31.8 Å². The highest BCUT2D eigenvalue weighted by Gasteiger charge is 2.35. The molecule has 1 saturated heterocycles. The van der Waals surface area contributed by atoms with Gasteiger partial charge in [0, 0.05) is 30.8 Å². The van der Waals surface area contributed by atoms with E-state index >= 15 is 0 Å². The Balaban J connectivity index is 1.51. The third kappa shape index (κ3) is 4.99. The molecule has 186 valence electrons. The molecule has 2 bridgehead atoms. The number of benzene rings is 1. The number of hydrogen-bond acceptors (Lipinski definition) is 8. The van der Waals surface area contributed by atoms with E-state index in [-0.39, 0.29) is 36.9 Å². The summed E-state index contributed by atoms with van der Waals surface area (Å²) in [4.78, 5) is 18.7. The molecule has 0 spiro atoms. The number of allylic oxidation sites excluding steroid dienone is 1. The molecule has 9 nitrogen and oxygen atoms in total. The number of hydrogen-bond donors (Lipinski definition) is 1. The van der Waals surface area contributed by atoms with Gasteiger partial charge in [-0.05, 0) is 42.2 Å². The van der Waals surface area contributed by atoms with Gasteiger partial charge >= 0.3 is 0 Å². The first-order chi connectivity index (χ1) is 17.2. The molecule has 2 aliphatic heterocycles. The fourth-order valence-corrected chi connectivity index (χ4v) is 5.38. The molecule has 36 heavy (non-hydrogen) atoms. The molecule has 1 fully saturated rings. The molecule has 1 aromatic heterocycles. The van der Waals surface area contributed by atoms with Crippen molar-refractivity contribution in [1.29, 1.82) is 0 Å². The van der Waals surface area contributed by atoms with Crippen molar-refractivity contribution in [3.05, 3.63) is 71.1 Å². The second-order valence-electron chi connectivity index (χ2n) is 9.04. The highest BCUT2D eigenvalue weighted by Crippen LogP contribution is 2.38. The van der Waals surface area contributed by atoms with Crippen LogP contribution in [0, 0.1) is 5.82 Å². The van der Waals surface area contributed by atoms with Gasteiger partial charge in [0.25, 0.3) is 0 Å². The summed E-state index contributed by atoms with van der Waals surface area (Å²) >= 11 is 0. The summed E-state index contributed by atoms with van der Waals surface area (Å²) in [5, 5.41) is 4.44. The zero-order valence-corrected chi connectivity index (χ0v) is 20.7. The van der Waals surface area contributed by atoms with Crippen LogP contribution in [0.1, 0.15) is 31.2 Å². The number of rotatable bonds is 5. The van der Waals surface area contributed by atoms with Crippen molar-refractivity contribution in [3.8, 4) is 11.1 Å². The average molecular weight is 509 g/mol. The summed E-state index contributed by atoms with van der Waals surface area (Å²) in [6, 6.07) is 8.42. The highest BCUT2D eigenvalue weighted by atomic mass is 32.2. The molecule has 1 aromatic carbocycles. The van der Waals surface area contributed by atoms with E-state index in [0.29, 0.717) is 35.5 Å². The Kier molecular flexibility index (Phi) is 6.29. The minimum Gasteiger partial charge on any atom is -0.389 e. The van der Waals surface area contributed by atoms with Crippen LogP contribution in [0.4, 0.5) is 4.39 Å². The maximum absolute atomic E-state index is 14.3. The minimum absolute atomic E-state index is 0.125. The minimum atomic E-state index is -3.26. The van der Waals surface area contributed by atoms with E-state index in [2.05, 4.69) is 25.9 Å². The Morgan fingerprint density at radius 3 is 2.75 bits per heavy atom. The maximum atomic E-state index is 14.3. The molecule has 0 radical (unpaired) electrons. The largest absolute Gasteiger partial charge is 0.389 e. The lowest BCUT2D eigenvalue weighted by atomic mass is 9.84. The number of pyridine rings is 1. The monoisotopic (exact) mass is 508 g/mol. The SMILES string of the molecule is CC1=NC(N)=NC2=C=C1/C(=N/OC1CN(S(C)(=O)=O)C1)CC(c1ccc(F)cc1-c1cccnc1)C2. The Bertz CT molecular complexity index is 1470. The molecule has 1 atom stereocenters. The van der Waals surface area contributed by atoms with Crippen molar-refractivity contribution >= 4 is 27.4 Å². The number of aromatic nitrogens is 1. The van der Waals surface area contributed by atoms with Crippen LogP contribution in [0.3, 0.4) is 0 Å². The van der Waals surface area contributed by atoms with Crippen LogP contribution < -0.4 is 5.73 Å². The fraction of sp³-hybridized carbons (Fsp3) is 0.320. The number of nitrogens with two attached hydrogens (primary N) is 1. The summed E-state index contributed by atoms with van der Waals surface area (Å²) in [5.74, 6) is -0.357. The van der Waals surface area contributed by atoms with Gasteiger partial charge in [0.2, 0.25) is 16.0 Å². The van der Waals surface area contributed by atoms with E-state index in [0.717, 1.165) is 16.7 Å². The maximum Gasteiger partial charge on any atom is 0.221 e. The van der Waals surface area contributed by atoms with E-state index in [1.54, 1.807) is 25.4 Å². The molecule has 0 saturated carbocycles. The van der Waals surface area contributed by atoms with Crippen LogP contribution in [-0.2, 0) is 14.9 Å². The van der Waals surface area contributed by atoms with Crippen LogP contribution in [0.25, 0.3) is 11.1 Å². The third-order valence-corrected chi connectivity index (χ3v) is 7.59. The summed E-state index contributed by atoms with van der Waals surface area (Å²) in [7, 11) is -3.26. The lowest BCUT2D eigenvalue weighted by Gasteiger charge is -2.35. The molecule has 2 aromatic rings. The Labute approximate surface area is 208 Å². The van der Waals surface area contributed by atoms with E-state index in [9.17, 15) is 12.8 Å². The summed E-state index contributed by atoms with van der Waals surface area (Å²) in [6.45, 7) is 2.29. The van der Waals surface area contributed by atoms with Crippen molar-refractivity contribution in [1.82, 2.24) is 9.29 Å². The van der Waals surface area contributed by atoms with Gasteiger partial charge in [-0.2, -0.15) is 4.31 Å². The van der Waals surface area contributed by atoms with Crippen LogP contribution in [0.5, 0.6) is 0 Å². The molecule has 1 unspecified atom stereocenters. The summed E-state index contributed by atoms with van der Waals surface area (Å²) < 4.78 is 39.0. The van der Waals surface area contributed by atoms with Gasteiger partial charge in [-0.3, -0.25) is 4.98 Å². The van der Waals surface area contributed by atoms with Gasteiger partial charge in [0.1, 0.15) is 5.82 Å². The standard InChI is InChI=1S/C25H25FN6O3S/c1-15-22-11-19(30-25(27)29-15)8-17(9-24(22)31-35-20-13-32(14-20)36(2,33)34)21-6-5-18(26)10-23(21)16-4-3-7-28-12-16/h3-7,10,12,17,20H,8-9,13-14H2,1-2H3,(H2,27,30)/b31-24+. The van der Waals surface area contributed by atoms with Crippen molar-refractivity contribution in [3.63, 3.8) is 0 Å². The highest BCUT2D eigenvalue weighted by molar-refractivity contribution is 7.88. The third-order valence-electron chi connectivity index (χ3n) is 6.35. The lowest BCUT2D eigenvalue weighted by molar-refractivity contribution is -0.0170. The van der Waals surface area contributed by atoms with Crippen LogP contribution >= 0.6 is 0 Å². The van der Waals surface area contributed by atoms with Crippen LogP contribution in [0.15, 0.2) is 74.9 Å². The molecular formula is C25H25FN6O3S. The molecular weight excluding hydrogens is 483 g/mol. The second kappa shape index (κ2) is 9.42. The first-order valence-electron chi connectivity index (χ1n) is 11.4. The smallest absolute Gasteiger partial charge is 0.221 e. The summed E-state index contributed by atoms with van der Waals surface area (Å²) in [5.41, 5.74) is 14.2. The molecule has 3 aliphatic rings. The number of sulfonamides is 1. The Morgan fingerprint density at radius 1 is 1.22 bits per heavy atom. The van der Waals surface area contributed by atoms with Crippen molar-refractivity contribution in [2.75, 3.05) is 19.3 Å². The number of nitrogens with zero attached hydrogens (tertiary/aromatic N) is 5. The van der Waals surface area contributed by atoms with Gasteiger partial charge in [-0.25, -0.2) is 22.8 Å². The van der Waals surface area contributed by atoms with Gasteiger partial charge in [-0.15, -0.1) is 0 Å². The first kappa shape index (κ1) is 24.1. The van der Waals surface area contributed by atoms with E-state index < -0.39 is 10.0 Å². The number of aliphatic imine (C=N–C) groups is 2. The first-order valence-corrected chi connectivity index (χ1v) is 13.3. The zero-order chi connectivity index (χ0) is 25.4. The molecule has 11 heteroatoms. The van der Waals surface area contributed by atoms with Crippen LogP contribution in [-0.4, -0.2) is 60.5 Å². The zero-order valence-electron chi connectivity index (χ0n) is 19.8. The van der Waals surface area contributed by atoms with Crippen molar-refractivity contribution in [2.24, 2.45) is 20.9 Å². The predicted octanol–water partition coefficient (Wildman–Crippen LogP) is 2.98. The second-order valence-corrected chi connectivity index (χ2v) is 11.0. The average Bonchev–Trinajstić information content (AvgIpc) is 3.05. The molecule has 0 amide bonds. The normalized spacial score (nSPS) is 22.0. The molecule has 2 N–H and O–H groups in total. The van der Waals surface area contributed by atoms with Gasteiger partial charge in [0.15, 0.2) is 6.10 Å². The van der Waals surface area contributed by atoms with E-state index in [4.69, 9.17) is 10.6 Å². The predicted molar refractivity (Wildman–Crippen MR) is 136 cm³/mol. The Hall–Kier alpha value is -3.66. The quantitative estimate of drug-likeness (QED) is 0.491. The van der Waals surface area contributed by atoms with Gasteiger partial charge in [-0.1, -0.05) is 23.0 Å². The molecule has 3 heterocycles. The van der Waals surface area contributed by atoms with Gasteiger partial charge < -0.3 is 10.6 Å². The van der Waals surface area contributed by atoms with E-state index in [1.165, 1.54) is 22.7 Å². The van der Waals surface area contributed by atoms with Crippen LogP contribution in [0.2, 0.25) is 0 Å². The summed E-state index contributed by atoms with van der Waals surface area (Å²) in [6.07, 6.45) is 5.13. The topological polar surface area (TPSA) is 123 Å². The lowest BCUT2D eigenvalue weighted by Crippen LogP contribution is -2.53. The number of oxime groups is 1. The number of halogens is 1.